The minimum atomic E-state index is -2.53. The molecule has 2 aromatic rings. The van der Waals surface area contributed by atoms with E-state index in [9.17, 15) is 19.6 Å². The molecule has 1 fully saturated rings. The number of rotatable bonds is 38. The molecule has 3 rings (SSSR count). The van der Waals surface area contributed by atoms with Gasteiger partial charge in [0.05, 0.1) is 13.2 Å². The van der Waals surface area contributed by atoms with Crippen molar-refractivity contribution in [3.05, 3.63) is 70.8 Å². The molecule has 0 radical (unpaired) electrons. The Morgan fingerprint density at radius 1 is 0.478 bits per heavy atom. The maximum absolute atomic E-state index is 10.3. The van der Waals surface area contributed by atoms with Gasteiger partial charge in [-0.3, -0.25) is 0 Å². The Hall–Kier alpha value is -0.940. The summed E-state index contributed by atoms with van der Waals surface area (Å²) in [7, 11) is -5.07. The third-order valence-corrected chi connectivity index (χ3v) is 16.7. The van der Waals surface area contributed by atoms with Gasteiger partial charge in [-0.2, -0.15) is 0 Å². The van der Waals surface area contributed by atoms with Gasteiger partial charge in [0.25, 0.3) is 0 Å². The van der Waals surface area contributed by atoms with Gasteiger partial charge in [0, 0.05) is 0 Å². The van der Waals surface area contributed by atoms with Gasteiger partial charge in [0.2, 0.25) is 0 Å². The molecule has 0 aliphatic heterocycles. The Bertz CT molecular complexity index is 1460. The van der Waals surface area contributed by atoms with E-state index in [1.807, 2.05) is 0 Å². The first kappa shape index (κ1) is 60.4. The monoisotopic (exact) mass is 971 g/mol. The fourth-order valence-electron chi connectivity index (χ4n) is 12.1. The Labute approximate surface area is 416 Å². The van der Waals surface area contributed by atoms with Crippen LogP contribution in [0, 0.1) is 16.7 Å². The van der Waals surface area contributed by atoms with Crippen molar-refractivity contribution in [3.63, 3.8) is 0 Å². The van der Waals surface area contributed by atoms with Gasteiger partial charge in [-0.15, -0.1) is 0 Å². The molecule has 0 bridgehead atoms. The predicted molar refractivity (Wildman–Crippen MR) is 290 cm³/mol. The molecule has 0 spiro atoms. The highest BCUT2D eigenvalue weighted by molar-refractivity contribution is 7.39. The Morgan fingerprint density at radius 2 is 0.761 bits per heavy atom. The van der Waals surface area contributed by atoms with Crippen LogP contribution in [0.25, 0.3) is 0 Å². The summed E-state index contributed by atoms with van der Waals surface area (Å²) in [5.74, 6) is 0.624. The lowest BCUT2D eigenvalue weighted by Crippen LogP contribution is -2.60. The van der Waals surface area contributed by atoms with E-state index < -0.39 is 17.2 Å². The van der Waals surface area contributed by atoms with E-state index in [4.69, 9.17) is 9.05 Å². The van der Waals surface area contributed by atoms with E-state index in [1.54, 1.807) is 0 Å². The highest BCUT2D eigenvalue weighted by Crippen LogP contribution is 2.67. The Kier molecular flexibility index (Phi) is 29.0. The molecule has 8 heteroatoms. The van der Waals surface area contributed by atoms with Crippen molar-refractivity contribution < 1.29 is 28.6 Å². The van der Waals surface area contributed by atoms with E-state index >= 15 is 0 Å². The number of benzene rings is 2. The maximum atomic E-state index is 10.3. The third-order valence-electron chi connectivity index (χ3n) is 16.0. The molecular formula is C59H104O6P2. The zero-order valence-corrected chi connectivity index (χ0v) is 46.6. The molecular weight excluding hydrogens is 867 g/mol. The number of hydrogen-bond donors (Lipinski definition) is 4. The minimum absolute atomic E-state index is 0.0244. The smallest absolute Gasteiger partial charge is 0.327 e. The van der Waals surface area contributed by atoms with Crippen LogP contribution >= 0.6 is 17.2 Å². The summed E-state index contributed by atoms with van der Waals surface area (Å²) in [5.41, 5.74) is 4.84. The third kappa shape index (κ3) is 21.8. The topological polar surface area (TPSA) is 99.4 Å². The Morgan fingerprint density at radius 3 is 1.03 bits per heavy atom. The molecule has 1 aliphatic rings. The molecule has 0 heterocycles. The maximum Gasteiger partial charge on any atom is 0.327 e. The summed E-state index contributed by atoms with van der Waals surface area (Å²) < 4.78 is 11.9. The predicted octanol–water partition coefficient (Wildman–Crippen LogP) is 18.6. The van der Waals surface area contributed by atoms with Crippen molar-refractivity contribution in [3.8, 4) is 0 Å². The van der Waals surface area contributed by atoms with Crippen LogP contribution in [0.15, 0.2) is 48.5 Å². The van der Waals surface area contributed by atoms with Crippen LogP contribution in [0.1, 0.15) is 283 Å². The van der Waals surface area contributed by atoms with Gasteiger partial charge >= 0.3 is 17.2 Å². The van der Waals surface area contributed by atoms with Gasteiger partial charge in [-0.05, 0) is 93.8 Å². The van der Waals surface area contributed by atoms with Crippen LogP contribution < -0.4 is 0 Å². The molecule has 4 atom stereocenters. The van der Waals surface area contributed by atoms with Crippen molar-refractivity contribution in [2.75, 3.05) is 13.2 Å². The van der Waals surface area contributed by atoms with Gasteiger partial charge in [-0.1, -0.05) is 265 Å². The van der Waals surface area contributed by atoms with Gasteiger partial charge in [0.15, 0.2) is 0 Å². The van der Waals surface area contributed by atoms with Crippen LogP contribution in [0.4, 0.5) is 0 Å². The summed E-state index contributed by atoms with van der Waals surface area (Å²) >= 11 is 0. The first-order valence-electron chi connectivity index (χ1n) is 27.8. The summed E-state index contributed by atoms with van der Waals surface area (Å²) in [5, 5.41) is 0. The molecule has 0 saturated heterocycles. The van der Waals surface area contributed by atoms with Crippen LogP contribution in [-0.2, 0) is 19.9 Å². The number of hydrogen-bond acceptors (Lipinski definition) is 6. The minimum Gasteiger partial charge on any atom is -0.328 e. The molecule has 2 aromatic carbocycles. The Balaban J connectivity index is 1.88. The van der Waals surface area contributed by atoms with Crippen molar-refractivity contribution in [1.29, 1.82) is 0 Å². The number of unbranched alkanes of at least 4 members (excludes halogenated alkanes) is 22. The van der Waals surface area contributed by atoms with Crippen LogP contribution in [0.3, 0.4) is 0 Å². The summed E-state index contributed by atoms with van der Waals surface area (Å²) in [6, 6.07) is 18.1. The highest BCUT2D eigenvalue weighted by atomic mass is 31.2. The highest BCUT2D eigenvalue weighted by Gasteiger charge is 2.62. The lowest BCUT2D eigenvalue weighted by molar-refractivity contribution is -0.172. The van der Waals surface area contributed by atoms with E-state index in [2.05, 4.69) is 111 Å². The molecule has 67 heavy (non-hydrogen) atoms. The second-order valence-corrected chi connectivity index (χ2v) is 25.0. The largest absolute Gasteiger partial charge is 0.328 e. The average Bonchev–Trinajstić information content (AvgIpc) is 3.28. The lowest BCUT2D eigenvalue weighted by atomic mass is 9.42. The van der Waals surface area contributed by atoms with Gasteiger partial charge in [-0.25, -0.2) is 0 Å². The van der Waals surface area contributed by atoms with Crippen LogP contribution in [0.5, 0.6) is 0 Å². The lowest BCUT2D eigenvalue weighted by Gasteiger charge is -2.64. The fourth-order valence-corrected chi connectivity index (χ4v) is 12.9. The second kappa shape index (κ2) is 32.2. The van der Waals surface area contributed by atoms with Crippen molar-refractivity contribution in [2.24, 2.45) is 16.7 Å². The molecule has 4 unspecified atom stereocenters. The zero-order chi connectivity index (χ0) is 49.2. The molecule has 6 nitrogen and oxygen atoms in total. The molecule has 1 saturated carbocycles. The molecule has 386 valence electrons. The molecule has 1 aliphatic carbocycles. The van der Waals surface area contributed by atoms with Crippen molar-refractivity contribution in [2.45, 2.75) is 271 Å². The zero-order valence-electron chi connectivity index (χ0n) is 44.8. The molecule has 4 N–H and O–H groups in total. The summed E-state index contributed by atoms with van der Waals surface area (Å²) in [6.07, 6.45) is 36.4. The first-order chi connectivity index (χ1) is 32.0. The van der Waals surface area contributed by atoms with Crippen LogP contribution in [0.2, 0.25) is 0 Å². The summed E-state index contributed by atoms with van der Waals surface area (Å²) in [6.45, 7) is 21.3. The molecule has 0 amide bonds. The fraction of sp³-hybridized carbons (Fsp3) is 0.797. The SMILES string of the molecule is CCCCCCCCCCCCCCC(CC1(COP(O)O)CC(COP(O)O)(CC(CCCCCCCCCCCCCC)c2ccccc2C(C)(C)C)C1C)c1ccccc1C(C)(C)C. The normalized spacial score (nSPS) is 19.9. The van der Waals surface area contributed by atoms with E-state index in [1.165, 1.54) is 164 Å². The summed E-state index contributed by atoms with van der Waals surface area (Å²) in [4.78, 5) is 41.2. The average molecular weight is 971 g/mol. The standard InChI is InChI=1S/C59H104O6P2/c1-10-12-14-16-18-20-22-24-26-28-30-32-38-50(52-40-34-36-42-54(52)56(4,5)6)44-58(47-64-66(60)61)46-59(49(58)3,48-65-67(62)63)45-51(53-41-35-37-43-55(53)57(7,8)9)39-33-31-29-27-25-23-21-19-17-15-13-11-2/h34-37,40-43,49-51,60-63H,10-33,38-39,44-48H2,1-9H3. The van der Waals surface area contributed by atoms with E-state index in [0.717, 1.165) is 44.9 Å². The second-order valence-electron chi connectivity index (χ2n) is 23.5. The van der Waals surface area contributed by atoms with Gasteiger partial charge < -0.3 is 28.6 Å². The molecule has 0 aromatic heterocycles. The van der Waals surface area contributed by atoms with E-state index in [-0.39, 0.29) is 52.6 Å². The van der Waals surface area contributed by atoms with Crippen molar-refractivity contribution >= 4 is 17.2 Å². The van der Waals surface area contributed by atoms with Gasteiger partial charge in [0.1, 0.15) is 0 Å². The van der Waals surface area contributed by atoms with Crippen LogP contribution in [-0.4, -0.2) is 32.8 Å². The van der Waals surface area contributed by atoms with E-state index in [0.29, 0.717) is 0 Å². The first-order valence-corrected chi connectivity index (χ1v) is 30.1. The quantitative estimate of drug-likeness (QED) is 0.0395. The van der Waals surface area contributed by atoms with Crippen molar-refractivity contribution in [1.82, 2.24) is 0 Å².